The first-order chi connectivity index (χ1) is 15.0. The Kier molecular flexibility index (Phi) is 6.83. The maximum Gasteiger partial charge on any atom is 0.514 e. The summed E-state index contributed by atoms with van der Waals surface area (Å²) in [5.74, 6) is -0.0826. The van der Waals surface area contributed by atoms with E-state index >= 15 is 0 Å². The van der Waals surface area contributed by atoms with E-state index in [1.807, 2.05) is 61.5 Å². The molecule has 0 aromatic carbocycles. The number of nitrogens with zero attached hydrogens (tertiary/aromatic N) is 3. The Morgan fingerprint density at radius 1 is 1.12 bits per heavy atom. The number of piperazine rings is 1. The molecule has 33 heavy (non-hydrogen) atoms. The summed E-state index contributed by atoms with van der Waals surface area (Å²) in [7, 11) is -0.695. The summed E-state index contributed by atoms with van der Waals surface area (Å²) in [4.78, 5) is 33.3. The predicted molar refractivity (Wildman–Crippen MR) is 127 cm³/mol. The van der Waals surface area contributed by atoms with Gasteiger partial charge in [-0.3, -0.25) is 4.79 Å². The fourth-order valence-corrected chi connectivity index (χ4v) is 4.40. The molecule has 10 heteroatoms. The van der Waals surface area contributed by atoms with E-state index in [1.165, 1.54) is 6.92 Å². The highest BCUT2D eigenvalue weighted by Crippen LogP contribution is 2.37. The standard InChI is InChI=1S/C23H35BClN3O5/c1-14-19(28(15(2)29)11-10-27(14)20(30)31-21(3,4)5)16-12-17(26-18(25)13-16)24-32-22(6,7)23(8,9)33-24/h12-14,19H,10-11H2,1-9H3/t14-,19+/m0/s1. The van der Waals surface area contributed by atoms with E-state index < -0.39 is 36.1 Å². The van der Waals surface area contributed by atoms with Crippen molar-refractivity contribution in [2.45, 2.75) is 91.2 Å². The molecule has 2 saturated heterocycles. The van der Waals surface area contributed by atoms with Crippen molar-refractivity contribution in [2.24, 2.45) is 0 Å². The molecule has 3 rings (SSSR count). The normalized spacial score (nSPS) is 24.7. The van der Waals surface area contributed by atoms with Gasteiger partial charge in [-0.25, -0.2) is 9.78 Å². The quantitative estimate of drug-likeness (QED) is 0.476. The molecular formula is C23H35BClN3O5. The van der Waals surface area contributed by atoms with Gasteiger partial charge in [0.25, 0.3) is 0 Å². The van der Waals surface area contributed by atoms with Gasteiger partial charge in [-0.1, -0.05) is 11.6 Å². The number of ether oxygens (including phenoxy) is 1. The number of rotatable bonds is 2. The minimum atomic E-state index is -0.695. The molecule has 2 aliphatic heterocycles. The lowest BCUT2D eigenvalue weighted by molar-refractivity contribution is -0.136. The van der Waals surface area contributed by atoms with Crippen molar-refractivity contribution in [3.05, 3.63) is 22.8 Å². The lowest BCUT2D eigenvalue weighted by Crippen LogP contribution is -2.57. The summed E-state index contributed by atoms with van der Waals surface area (Å²) in [5.41, 5.74) is -0.386. The largest absolute Gasteiger partial charge is 0.514 e. The van der Waals surface area contributed by atoms with Crippen LogP contribution in [-0.2, 0) is 18.8 Å². The molecule has 2 amide bonds. The summed E-state index contributed by atoms with van der Waals surface area (Å²) in [6.45, 7) is 17.6. The SMILES string of the molecule is CC(=O)N1CCN(C(=O)OC(C)(C)C)[C@@H](C)[C@@H]1c1cc(Cl)nc(B2OC(C)(C)C(C)(C)O2)c1. The second-order valence-electron chi connectivity index (χ2n) is 10.8. The van der Waals surface area contributed by atoms with Crippen LogP contribution < -0.4 is 5.59 Å². The zero-order valence-corrected chi connectivity index (χ0v) is 21.8. The Morgan fingerprint density at radius 2 is 1.67 bits per heavy atom. The molecule has 1 aromatic heterocycles. The fourth-order valence-electron chi connectivity index (χ4n) is 4.17. The first-order valence-electron chi connectivity index (χ1n) is 11.3. The Bertz CT molecular complexity index is 917. The monoisotopic (exact) mass is 479 g/mol. The lowest BCUT2D eigenvalue weighted by atomic mass is 9.82. The third-order valence-corrected chi connectivity index (χ3v) is 6.76. The second-order valence-corrected chi connectivity index (χ2v) is 11.2. The van der Waals surface area contributed by atoms with Gasteiger partial charge >= 0.3 is 13.2 Å². The van der Waals surface area contributed by atoms with Gasteiger partial charge in [0.15, 0.2) is 0 Å². The molecule has 8 nitrogen and oxygen atoms in total. The fraction of sp³-hybridized carbons (Fsp3) is 0.696. The van der Waals surface area contributed by atoms with Gasteiger partial charge in [-0.15, -0.1) is 0 Å². The van der Waals surface area contributed by atoms with Crippen molar-refractivity contribution in [1.82, 2.24) is 14.8 Å². The minimum absolute atomic E-state index is 0.0826. The maximum absolute atomic E-state index is 12.9. The van der Waals surface area contributed by atoms with Gasteiger partial charge < -0.3 is 23.8 Å². The third kappa shape index (κ3) is 5.30. The topological polar surface area (TPSA) is 81.2 Å². The molecule has 2 aliphatic rings. The summed E-state index contributed by atoms with van der Waals surface area (Å²) >= 11 is 6.42. The lowest BCUT2D eigenvalue weighted by Gasteiger charge is -2.46. The highest BCUT2D eigenvalue weighted by atomic mass is 35.5. The van der Waals surface area contributed by atoms with Crippen LogP contribution >= 0.6 is 11.6 Å². The van der Waals surface area contributed by atoms with Crippen LogP contribution in [0, 0.1) is 0 Å². The molecule has 1 aromatic rings. The van der Waals surface area contributed by atoms with Crippen molar-refractivity contribution in [3.63, 3.8) is 0 Å². The van der Waals surface area contributed by atoms with E-state index in [2.05, 4.69) is 4.98 Å². The van der Waals surface area contributed by atoms with Crippen LogP contribution in [0.4, 0.5) is 4.79 Å². The van der Waals surface area contributed by atoms with Crippen LogP contribution in [-0.4, -0.2) is 69.8 Å². The number of hydrogen-bond acceptors (Lipinski definition) is 6. The molecular weight excluding hydrogens is 445 g/mol. The van der Waals surface area contributed by atoms with Crippen LogP contribution in [0.15, 0.2) is 12.1 Å². The number of pyridine rings is 1. The summed E-state index contributed by atoms with van der Waals surface area (Å²) in [5, 5.41) is 0.266. The number of amides is 2. The minimum Gasteiger partial charge on any atom is -0.444 e. The van der Waals surface area contributed by atoms with Crippen LogP contribution in [0.5, 0.6) is 0 Å². The molecule has 0 N–H and O–H groups in total. The van der Waals surface area contributed by atoms with Crippen LogP contribution in [0.25, 0.3) is 0 Å². The zero-order chi connectivity index (χ0) is 24.9. The Labute approximate surface area is 202 Å². The highest BCUT2D eigenvalue weighted by Gasteiger charge is 2.52. The number of carbonyl (C=O) groups excluding carboxylic acids is 2. The summed E-state index contributed by atoms with van der Waals surface area (Å²) < 4.78 is 17.9. The smallest absolute Gasteiger partial charge is 0.444 e. The Morgan fingerprint density at radius 3 is 2.18 bits per heavy atom. The van der Waals surface area contributed by atoms with E-state index in [0.29, 0.717) is 18.7 Å². The van der Waals surface area contributed by atoms with Gasteiger partial charge in [-0.2, -0.15) is 0 Å². The van der Waals surface area contributed by atoms with Crippen molar-refractivity contribution in [3.8, 4) is 0 Å². The molecule has 3 heterocycles. The molecule has 2 atom stereocenters. The highest BCUT2D eigenvalue weighted by molar-refractivity contribution is 6.61. The van der Waals surface area contributed by atoms with E-state index in [4.69, 9.17) is 25.6 Å². The van der Waals surface area contributed by atoms with E-state index in [9.17, 15) is 9.59 Å². The number of hydrogen-bond donors (Lipinski definition) is 0. The van der Waals surface area contributed by atoms with Crippen molar-refractivity contribution in [2.75, 3.05) is 13.1 Å². The molecule has 0 spiro atoms. The zero-order valence-electron chi connectivity index (χ0n) is 21.1. The van der Waals surface area contributed by atoms with Gasteiger partial charge in [0.1, 0.15) is 10.8 Å². The van der Waals surface area contributed by atoms with E-state index in [0.717, 1.165) is 5.56 Å². The van der Waals surface area contributed by atoms with Gasteiger partial charge in [0.2, 0.25) is 5.91 Å². The van der Waals surface area contributed by atoms with Crippen molar-refractivity contribution in [1.29, 1.82) is 0 Å². The molecule has 0 bridgehead atoms. The molecule has 0 unspecified atom stereocenters. The van der Waals surface area contributed by atoms with Crippen molar-refractivity contribution >= 4 is 36.3 Å². The summed E-state index contributed by atoms with van der Waals surface area (Å²) in [6.07, 6.45) is -0.408. The third-order valence-electron chi connectivity index (χ3n) is 6.57. The molecule has 2 fully saturated rings. The van der Waals surface area contributed by atoms with Crippen LogP contribution in [0.1, 0.15) is 73.9 Å². The number of halogens is 1. The Hall–Kier alpha value is -1.84. The van der Waals surface area contributed by atoms with Gasteiger partial charge in [0.05, 0.1) is 28.9 Å². The first-order valence-corrected chi connectivity index (χ1v) is 11.7. The van der Waals surface area contributed by atoms with E-state index in [-0.39, 0.29) is 17.1 Å². The number of aromatic nitrogens is 1. The van der Waals surface area contributed by atoms with Gasteiger partial charge in [-0.05, 0) is 73.1 Å². The van der Waals surface area contributed by atoms with Gasteiger partial charge in [0, 0.05) is 20.0 Å². The molecule has 182 valence electrons. The number of carbonyl (C=O) groups is 2. The second kappa shape index (κ2) is 8.75. The van der Waals surface area contributed by atoms with Crippen LogP contribution in [0.2, 0.25) is 5.15 Å². The average Bonchev–Trinajstić information content (AvgIpc) is 2.86. The summed E-state index contributed by atoms with van der Waals surface area (Å²) in [6, 6.07) is 2.81. The maximum atomic E-state index is 12.9. The molecule has 0 aliphatic carbocycles. The molecule has 0 saturated carbocycles. The predicted octanol–water partition coefficient (Wildman–Crippen LogP) is 3.56. The molecule has 0 radical (unpaired) electrons. The van der Waals surface area contributed by atoms with Crippen LogP contribution in [0.3, 0.4) is 0 Å². The average molecular weight is 480 g/mol. The van der Waals surface area contributed by atoms with E-state index in [1.54, 1.807) is 15.9 Å². The van der Waals surface area contributed by atoms with Crippen molar-refractivity contribution < 1.29 is 23.6 Å². The Balaban J connectivity index is 1.98. The first kappa shape index (κ1) is 25.8.